The van der Waals surface area contributed by atoms with Crippen LogP contribution in [0.3, 0.4) is 0 Å². The number of aromatic nitrogens is 1. The molecule has 0 bridgehead atoms. The Balaban J connectivity index is 2.04. The highest BCUT2D eigenvalue weighted by atomic mass is 19.1. The summed E-state index contributed by atoms with van der Waals surface area (Å²) in [5, 5.41) is 0. The van der Waals surface area contributed by atoms with E-state index in [1.165, 1.54) is 19.2 Å². The molecule has 2 rings (SSSR count). The number of hydrogen-bond donors (Lipinski definition) is 0. The molecule has 1 aromatic carbocycles. The largest absolute Gasteiger partial charge is 0.497 e. The minimum atomic E-state index is -0.546. The fourth-order valence-corrected chi connectivity index (χ4v) is 1.79. The molecule has 0 atom stereocenters. The van der Waals surface area contributed by atoms with E-state index in [9.17, 15) is 9.18 Å². The summed E-state index contributed by atoms with van der Waals surface area (Å²) in [5.41, 5.74) is 1.06. The van der Waals surface area contributed by atoms with Crippen molar-refractivity contribution in [1.82, 2.24) is 4.98 Å². The molecule has 0 aliphatic heterocycles. The van der Waals surface area contributed by atoms with Crippen molar-refractivity contribution in [1.29, 1.82) is 0 Å². The number of ketones is 1. The number of nitrogens with zero attached hydrogens (tertiary/aromatic N) is 1. The molecule has 3 nitrogen and oxygen atoms in total. The predicted molar refractivity (Wildman–Crippen MR) is 69.8 cm³/mol. The molecule has 0 fully saturated rings. The number of methoxy groups -OCH3 is 1. The van der Waals surface area contributed by atoms with Crippen LogP contribution in [-0.2, 0) is 6.42 Å². The van der Waals surface area contributed by atoms with Crippen LogP contribution in [0.4, 0.5) is 4.39 Å². The van der Waals surface area contributed by atoms with Gasteiger partial charge in [-0.2, -0.15) is 0 Å². The third-order valence-electron chi connectivity index (χ3n) is 2.84. The van der Waals surface area contributed by atoms with Crippen molar-refractivity contribution in [3.8, 4) is 5.75 Å². The average molecular weight is 259 g/mol. The van der Waals surface area contributed by atoms with Crippen LogP contribution in [0.5, 0.6) is 5.75 Å². The first kappa shape index (κ1) is 13.2. The lowest BCUT2D eigenvalue weighted by Crippen LogP contribution is -2.04. The van der Waals surface area contributed by atoms with E-state index >= 15 is 0 Å². The zero-order valence-corrected chi connectivity index (χ0v) is 10.6. The summed E-state index contributed by atoms with van der Waals surface area (Å²) in [6.45, 7) is 0. The molecule has 0 aliphatic rings. The monoisotopic (exact) mass is 259 g/mol. The van der Waals surface area contributed by atoms with Crippen molar-refractivity contribution in [3.63, 3.8) is 0 Å². The third kappa shape index (κ3) is 3.37. The van der Waals surface area contributed by atoms with E-state index in [4.69, 9.17) is 4.74 Å². The first-order valence-corrected chi connectivity index (χ1v) is 5.96. The number of pyridine rings is 1. The van der Waals surface area contributed by atoms with Crippen molar-refractivity contribution in [3.05, 3.63) is 59.7 Å². The molecule has 0 amide bonds. The molecular formula is C15H14FNO2. The topological polar surface area (TPSA) is 39.2 Å². The van der Waals surface area contributed by atoms with E-state index in [2.05, 4.69) is 4.98 Å². The van der Waals surface area contributed by atoms with Crippen molar-refractivity contribution in [2.24, 2.45) is 0 Å². The van der Waals surface area contributed by atoms with E-state index in [1.54, 1.807) is 18.5 Å². The van der Waals surface area contributed by atoms with Gasteiger partial charge in [-0.3, -0.25) is 9.78 Å². The molecular weight excluding hydrogens is 245 g/mol. The SMILES string of the molecule is COc1ccc(C(=O)CCc2cccnc2)c(F)c1. The quantitative estimate of drug-likeness (QED) is 0.775. The van der Waals surface area contributed by atoms with Crippen LogP contribution in [0.2, 0.25) is 0 Å². The van der Waals surface area contributed by atoms with Gasteiger partial charge in [0, 0.05) is 24.9 Å². The fourth-order valence-electron chi connectivity index (χ4n) is 1.79. The number of carbonyl (C=O) groups excluding carboxylic acids is 1. The van der Waals surface area contributed by atoms with Crippen molar-refractivity contribution in [2.45, 2.75) is 12.8 Å². The molecule has 1 heterocycles. The lowest BCUT2D eigenvalue weighted by atomic mass is 10.0. The summed E-state index contributed by atoms with van der Waals surface area (Å²) < 4.78 is 18.6. The molecule has 4 heteroatoms. The molecule has 98 valence electrons. The van der Waals surface area contributed by atoms with E-state index in [0.717, 1.165) is 5.56 Å². The van der Waals surface area contributed by atoms with Gasteiger partial charge in [-0.25, -0.2) is 4.39 Å². The average Bonchev–Trinajstić information content (AvgIpc) is 2.45. The van der Waals surface area contributed by atoms with Crippen LogP contribution in [0.15, 0.2) is 42.7 Å². The van der Waals surface area contributed by atoms with Crippen molar-refractivity contribution < 1.29 is 13.9 Å². The number of halogens is 1. The van der Waals surface area contributed by atoms with Gasteiger partial charge in [-0.05, 0) is 30.2 Å². The molecule has 0 unspecified atom stereocenters. The summed E-state index contributed by atoms with van der Waals surface area (Å²) in [7, 11) is 1.46. The fraction of sp³-hybridized carbons (Fsp3) is 0.200. The summed E-state index contributed by atoms with van der Waals surface area (Å²) in [6, 6.07) is 7.97. The van der Waals surface area contributed by atoms with Gasteiger partial charge in [-0.1, -0.05) is 6.07 Å². The van der Waals surface area contributed by atoms with E-state index in [-0.39, 0.29) is 17.8 Å². The van der Waals surface area contributed by atoms with Crippen LogP contribution in [0, 0.1) is 5.82 Å². The van der Waals surface area contributed by atoms with Gasteiger partial charge in [0.1, 0.15) is 11.6 Å². The maximum Gasteiger partial charge on any atom is 0.166 e. The van der Waals surface area contributed by atoms with Crippen LogP contribution in [-0.4, -0.2) is 17.9 Å². The first-order chi connectivity index (χ1) is 9.20. The standard InChI is InChI=1S/C15H14FNO2/c1-19-12-5-6-13(14(16)9-12)15(18)7-4-11-3-2-8-17-10-11/h2-3,5-6,8-10H,4,7H2,1H3. The predicted octanol–water partition coefficient (Wildman–Crippen LogP) is 3.04. The zero-order chi connectivity index (χ0) is 13.7. The molecule has 0 spiro atoms. The van der Waals surface area contributed by atoms with Crippen LogP contribution < -0.4 is 4.74 Å². The molecule has 19 heavy (non-hydrogen) atoms. The number of Topliss-reactive ketones (excluding diaryl/α,β-unsaturated/α-hetero) is 1. The molecule has 0 aliphatic carbocycles. The van der Waals surface area contributed by atoms with E-state index < -0.39 is 5.82 Å². The number of benzene rings is 1. The maximum atomic E-state index is 13.7. The first-order valence-electron chi connectivity index (χ1n) is 5.96. The normalized spacial score (nSPS) is 10.2. The van der Waals surface area contributed by atoms with E-state index in [0.29, 0.717) is 12.2 Å². The molecule has 0 radical (unpaired) electrons. The number of hydrogen-bond acceptors (Lipinski definition) is 3. The number of aryl methyl sites for hydroxylation is 1. The van der Waals surface area contributed by atoms with Gasteiger partial charge in [0.2, 0.25) is 0 Å². The van der Waals surface area contributed by atoms with Gasteiger partial charge in [-0.15, -0.1) is 0 Å². The second kappa shape index (κ2) is 6.09. The number of rotatable bonds is 5. The Kier molecular flexibility index (Phi) is 4.23. The molecule has 1 aromatic heterocycles. The summed E-state index contributed by atoms with van der Waals surface area (Å²) >= 11 is 0. The number of carbonyl (C=O) groups is 1. The minimum absolute atomic E-state index is 0.102. The van der Waals surface area contributed by atoms with Crippen molar-refractivity contribution in [2.75, 3.05) is 7.11 Å². The Hall–Kier alpha value is -2.23. The highest BCUT2D eigenvalue weighted by Crippen LogP contribution is 2.18. The highest BCUT2D eigenvalue weighted by Gasteiger charge is 2.12. The Morgan fingerprint density at radius 3 is 2.84 bits per heavy atom. The van der Waals surface area contributed by atoms with Gasteiger partial charge in [0.05, 0.1) is 12.7 Å². The van der Waals surface area contributed by atoms with Crippen LogP contribution >= 0.6 is 0 Å². The van der Waals surface area contributed by atoms with Crippen molar-refractivity contribution >= 4 is 5.78 Å². The molecule has 0 saturated heterocycles. The Bertz CT molecular complexity index is 570. The number of ether oxygens (including phenoxy) is 1. The lowest BCUT2D eigenvalue weighted by Gasteiger charge is -2.05. The highest BCUT2D eigenvalue weighted by molar-refractivity contribution is 5.96. The molecule has 0 saturated carbocycles. The van der Waals surface area contributed by atoms with Crippen LogP contribution in [0.25, 0.3) is 0 Å². The second-order valence-electron chi connectivity index (χ2n) is 4.13. The van der Waals surface area contributed by atoms with Crippen LogP contribution in [0.1, 0.15) is 22.3 Å². The van der Waals surface area contributed by atoms with Gasteiger partial charge in [0.25, 0.3) is 0 Å². The summed E-state index contributed by atoms with van der Waals surface area (Å²) in [6.07, 6.45) is 4.19. The minimum Gasteiger partial charge on any atom is -0.497 e. The molecule has 0 N–H and O–H groups in total. The molecule has 2 aromatic rings. The Labute approximate surface area is 111 Å². The lowest BCUT2D eigenvalue weighted by molar-refractivity contribution is 0.0979. The Morgan fingerprint density at radius 2 is 2.21 bits per heavy atom. The summed E-state index contributed by atoms with van der Waals surface area (Å²) in [5.74, 6) is -0.360. The zero-order valence-electron chi connectivity index (χ0n) is 10.6. The Morgan fingerprint density at radius 1 is 1.37 bits per heavy atom. The summed E-state index contributed by atoms with van der Waals surface area (Å²) in [4.78, 5) is 15.9. The van der Waals surface area contributed by atoms with Gasteiger partial charge < -0.3 is 4.74 Å². The van der Waals surface area contributed by atoms with Gasteiger partial charge in [0.15, 0.2) is 5.78 Å². The smallest absolute Gasteiger partial charge is 0.166 e. The maximum absolute atomic E-state index is 13.7. The second-order valence-corrected chi connectivity index (χ2v) is 4.13. The van der Waals surface area contributed by atoms with Gasteiger partial charge >= 0.3 is 0 Å². The third-order valence-corrected chi connectivity index (χ3v) is 2.84. The van der Waals surface area contributed by atoms with E-state index in [1.807, 2.05) is 12.1 Å².